The molecule has 3 nitrogen and oxygen atoms in total. The SMILES string of the molecule is CN(C)CC(=O)O.c1cc2ccc1-2. The molecular formula is C10H13NO2. The molecule has 0 fully saturated rings. The Bertz CT molecular complexity index is 269. The lowest BCUT2D eigenvalue weighted by molar-refractivity contribution is -0.137. The van der Waals surface area contributed by atoms with Gasteiger partial charge in [-0.15, -0.1) is 0 Å². The van der Waals surface area contributed by atoms with Gasteiger partial charge in [-0.2, -0.15) is 0 Å². The van der Waals surface area contributed by atoms with Crippen LogP contribution in [0.2, 0.25) is 0 Å². The molecular weight excluding hydrogens is 166 g/mol. The highest BCUT2D eigenvalue weighted by atomic mass is 16.4. The summed E-state index contributed by atoms with van der Waals surface area (Å²) in [4.78, 5) is 11.4. The molecule has 2 rings (SSSR count). The lowest BCUT2D eigenvalue weighted by atomic mass is 9.95. The molecule has 0 aliphatic heterocycles. The van der Waals surface area contributed by atoms with Crippen molar-refractivity contribution in [2.45, 2.75) is 0 Å². The summed E-state index contributed by atoms with van der Waals surface area (Å²) < 4.78 is 0. The van der Waals surface area contributed by atoms with Gasteiger partial charge in [0.05, 0.1) is 6.54 Å². The summed E-state index contributed by atoms with van der Waals surface area (Å²) in [5.41, 5.74) is 2.85. The fraction of sp³-hybridized carbons (Fsp3) is 0.300. The largest absolute Gasteiger partial charge is 0.480 e. The molecule has 0 unspecified atom stereocenters. The van der Waals surface area contributed by atoms with Gasteiger partial charge >= 0.3 is 5.97 Å². The second kappa shape index (κ2) is 4.05. The molecule has 0 spiro atoms. The molecule has 0 bridgehead atoms. The number of fused-ring (bicyclic) bond motifs is 1. The van der Waals surface area contributed by atoms with Crippen molar-refractivity contribution in [2.75, 3.05) is 20.6 Å². The van der Waals surface area contributed by atoms with E-state index in [4.69, 9.17) is 5.11 Å². The van der Waals surface area contributed by atoms with Crippen LogP contribution < -0.4 is 0 Å². The Kier molecular flexibility index (Phi) is 3.03. The van der Waals surface area contributed by atoms with Crippen LogP contribution in [0.15, 0.2) is 24.3 Å². The second-order valence-corrected chi connectivity index (χ2v) is 3.21. The van der Waals surface area contributed by atoms with Gasteiger partial charge in [-0.3, -0.25) is 9.69 Å². The van der Waals surface area contributed by atoms with Crippen LogP contribution in [0.5, 0.6) is 0 Å². The van der Waals surface area contributed by atoms with Gasteiger partial charge in [0.1, 0.15) is 0 Å². The number of nitrogens with zero attached hydrogens (tertiary/aromatic N) is 1. The van der Waals surface area contributed by atoms with E-state index in [-0.39, 0.29) is 6.54 Å². The molecule has 1 N–H and O–H groups in total. The van der Waals surface area contributed by atoms with Crippen LogP contribution in [0.4, 0.5) is 0 Å². The van der Waals surface area contributed by atoms with E-state index in [2.05, 4.69) is 24.3 Å². The van der Waals surface area contributed by atoms with Crippen LogP contribution in [-0.4, -0.2) is 36.6 Å². The molecule has 13 heavy (non-hydrogen) atoms. The molecule has 0 aromatic heterocycles. The standard InChI is InChI=1S/C6H4.C4H9NO2/c1-2-6-4-3-5(1)6;1-5(2)3-4(6)7/h1-4H;3H2,1-2H3,(H,6,7). The van der Waals surface area contributed by atoms with Crippen LogP contribution in [0.25, 0.3) is 11.1 Å². The summed E-state index contributed by atoms with van der Waals surface area (Å²) in [5, 5.41) is 8.04. The predicted octanol–water partition coefficient (Wildman–Crippen LogP) is 1.30. The molecule has 0 heterocycles. The highest BCUT2D eigenvalue weighted by molar-refractivity contribution is 5.75. The highest BCUT2D eigenvalue weighted by Crippen LogP contribution is 2.29. The number of carboxylic acids is 1. The Labute approximate surface area is 77.6 Å². The molecule has 0 aromatic rings. The van der Waals surface area contributed by atoms with Gasteiger partial charge in [-0.1, -0.05) is 24.3 Å². The molecule has 0 radical (unpaired) electrons. The third-order valence-electron chi connectivity index (χ3n) is 1.67. The highest BCUT2D eigenvalue weighted by Gasteiger charge is 2.03. The minimum atomic E-state index is -0.787. The molecule has 70 valence electrons. The first kappa shape index (κ1) is 9.74. The van der Waals surface area contributed by atoms with Crippen LogP contribution in [-0.2, 0) is 4.79 Å². The van der Waals surface area contributed by atoms with E-state index in [9.17, 15) is 4.79 Å². The van der Waals surface area contributed by atoms with E-state index in [0.29, 0.717) is 0 Å². The van der Waals surface area contributed by atoms with Crippen molar-refractivity contribution >= 4 is 5.97 Å². The number of hydrogen-bond acceptors (Lipinski definition) is 2. The molecule has 2 aliphatic carbocycles. The minimum absolute atomic E-state index is 0.111. The summed E-state index contributed by atoms with van der Waals surface area (Å²) >= 11 is 0. The zero-order chi connectivity index (χ0) is 9.84. The number of rotatable bonds is 2. The number of likely N-dealkylation sites (N-methyl/N-ethyl adjacent to an activating group) is 1. The van der Waals surface area contributed by atoms with E-state index in [1.54, 1.807) is 19.0 Å². The van der Waals surface area contributed by atoms with E-state index in [1.165, 1.54) is 11.1 Å². The van der Waals surface area contributed by atoms with Crippen LogP contribution in [0.1, 0.15) is 0 Å². The van der Waals surface area contributed by atoms with Gasteiger partial charge in [0.15, 0.2) is 0 Å². The van der Waals surface area contributed by atoms with Gasteiger partial charge in [-0.25, -0.2) is 0 Å². The summed E-state index contributed by atoms with van der Waals surface area (Å²) in [6.45, 7) is 0.111. The summed E-state index contributed by atoms with van der Waals surface area (Å²) in [7, 11) is 3.43. The number of hydrogen-bond donors (Lipinski definition) is 1. The fourth-order valence-corrected chi connectivity index (χ4v) is 0.933. The summed E-state index contributed by atoms with van der Waals surface area (Å²) in [6, 6.07) is 8.48. The average molecular weight is 179 g/mol. The maximum Gasteiger partial charge on any atom is 0.317 e. The first-order valence-electron chi connectivity index (χ1n) is 4.06. The van der Waals surface area contributed by atoms with Crippen molar-refractivity contribution in [1.82, 2.24) is 4.90 Å². The Morgan fingerprint density at radius 3 is 1.62 bits per heavy atom. The van der Waals surface area contributed by atoms with Crippen LogP contribution in [0.3, 0.4) is 0 Å². The Hall–Kier alpha value is -1.35. The Morgan fingerprint density at radius 1 is 1.23 bits per heavy atom. The number of benzene rings is 1. The maximum atomic E-state index is 9.77. The lowest BCUT2D eigenvalue weighted by Gasteiger charge is -2.10. The molecule has 0 atom stereocenters. The minimum Gasteiger partial charge on any atom is -0.480 e. The van der Waals surface area contributed by atoms with E-state index in [0.717, 1.165) is 0 Å². The predicted molar refractivity (Wildman–Crippen MR) is 51.6 cm³/mol. The maximum absolute atomic E-state index is 9.77. The van der Waals surface area contributed by atoms with Gasteiger partial charge in [0, 0.05) is 0 Å². The topological polar surface area (TPSA) is 40.5 Å². The second-order valence-electron chi connectivity index (χ2n) is 3.21. The Morgan fingerprint density at radius 2 is 1.62 bits per heavy atom. The third kappa shape index (κ3) is 2.87. The molecule has 0 saturated heterocycles. The quantitative estimate of drug-likeness (QED) is 0.755. The molecule has 0 aromatic carbocycles. The zero-order valence-corrected chi connectivity index (χ0v) is 7.82. The van der Waals surface area contributed by atoms with Crippen molar-refractivity contribution in [3.63, 3.8) is 0 Å². The average Bonchev–Trinajstić information content (AvgIpc) is 1.95. The van der Waals surface area contributed by atoms with Gasteiger partial charge in [0.2, 0.25) is 0 Å². The smallest absolute Gasteiger partial charge is 0.317 e. The normalized spacial score (nSPS) is 10.4. The molecule has 0 saturated carbocycles. The lowest BCUT2D eigenvalue weighted by Crippen LogP contribution is -2.20. The fourth-order valence-electron chi connectivity index (χ4n) is 0.933. The number of carbonyl (C=O) groups is 1. The van der Waals surface area contributed by atoms with Crippen molar-refractivity contribution in [3.8, 4) is 11.1 Å². The molecule has 0 amide bonds. The molecule has 2 aliphatic rings. The third-order valence-corrected chi connectivity index (χ3v) is 1.67. The van der Waals surface area contributed by atoms with Crippen molar-refractivity contribution < 1.29 is 9.90 Å². The number of carboxylic acid groups (broad SMARTS) is 1. The van der Waals surface area contributed by atoms with Crippen molar-refractivity contribution in [2.24, 2.45) is 0 Å². The first-order chi connectivity index (χ1) is 6.09. The van der Waals surface area contributed by atoms with Crippen molar-refractivity contribution in [3.05, 3.63) is 24.3 Å². The first-order valence-corrected chi connectivity index (χ1v) is 4.06. The molecule has 3 heteroatoms. The van der Waals surface area contributed by atoms with Crippen LogP contribution in [0, 0.1) is 0 Å². The van der Waals surface area contributed by atoms with Gasteiger partial charge in [0.25, 0.3) is 0 Å². The summed E-state index contributed by atoms with van der Waals surface area (Å²) in [6.07, 6.45) is 0. The van der Waals surface area contributed by atoms with Crippen LogP contribution >= 0.6 is 0 Å². The van der Waals surface area contributed by atoms with E-state index >= 15 is 0 Å². The van der Waals surface area contributed by atoms with Crippen molar-refractivity contribution in [1.29, 1.82) is 0 Å². The van der Waals surface area contributed by atoms with E-state index in [1.807, 2.05) is 0 Å². The monoisotopic (exact) mass is 179 g/mol. The van der Waals surface area contributed by atoms with E-state index < -0.39 is 5.97 Å². The number of aliphatic carboxylic acids is 1. The van der Waals surface area contributed by atoms with Gasteiger partial charge in [-0.05, 0) is 25.2 Å². The zero-order valence-electron chi connectivity index (χ0n) is 7.82. The summed E-state index contributed by atoms with van der Waals surface area (Å²) in [5.74, 6) is -0.787. The Balaban J connectivity index is 0.000000130. The van der Waals surface area contributed by atoms with Gasteiger partial charge < -0.3 is 5.11 Å².